The van der Waals surface area contributed by atoms with E-state index in [2.05, 4.69) is 41.0 Å². The molecule has 0 amide bonds. The molecule has 1 aromatic heterocycles. The van der Waals surface area contributed by atoms with Gasteiger partial charge in [-0.05, 0) is 23.9 Å². The molecule has 1 aliphatic heterocycles. The van der Waals surface area contributed by atoms with Crippen molar-refractivity contribution in [2.45, 2.75) is 32.6 Å². The van der Waals surface area contributed by atoms with Gasteiger partial charge < -0.3 is 10.2 Å². The number of nitrogens with zero attached hydrogens (tertiary/aromatic N) is 3. The van der Waals surface area contributed by atoms with Gasteiger partial charge in [0.05, 0.1) is 0 Å². The molecule has 1 N–H and O–H groups in total. The van der Waals surface area contributed by atoms with Crippen LogP contribution in [0, 0.1) is 0 Å². The quantitative estimate of drug-likeness (QED) is 0.801. The Morgan fingerprint density at radius 1 is 1.12 bits per heavy atom. The second kappa shape index (κ2) is 5.00. The molecule has 0 saturated carbocycles. The first-order chi connectivity index (χ1) is 8.07. The third-order valence-corrected chi connectivity index (χ3v) is 3.13. The molecule has 0 spiro atoms. The van der Waals surface area contributed by atoms with Crippen LogP contribution in [0.2, 0.25) is 0 Å². The number of hydrogen-bond acceptors (Lipinski definition) is 4. The summed E-state index contributed by atoms with van der Waals surface area (Å²) in [6, 6.07) is 0. The molecule has 0 aromatic carbocycles. The molecule has 1 fully saturated rings. The van der Waals surface area contributed by atoms with Gasteiger partial charge in [-0.3, -0.25) is 0 Å². The Morgan fingerprint density at radius 2 is 1.82 bits per heavy atom. The molecule has 0 bridgehead atoms. The Balaban J connectivity index is 2.11. The van der Waals surface area contributed by atoms with Gasteiger partial charge >= 0.3 is 0 Å². The van der Waals surface area contributed by atoms with Gasteiger partial charge in [0, 0.05) is 32.0 Å². The van der Waals surface area contributed by atoms with Gasteiger partial charge in [-0.2, -0.15) is 0 Å². The SMILES string of the molecule is CC(C)(C)c1cnc(N2CCCNCC2)nc1. The maximum absolute atomic E-state index is 4.50. The van der Waals surface area contributed by atoms with Crippen molar-refractivity contribution in [3.8, 4) is 0 Å². The molecule has 0 aliphatic carbocycles. The molecule has 0 unspecified atom stereocenters. The van der Waals surface area contributed by atoms with E-state index in [0.717, 1.165) is 38.5 Å². The third-order valence-electron chi connectivity index (χ3n) is 3.13. The van der Waals surface area contributed by atoms with E-state index in [-0.39, 0.29) is 5.41 Å². The summed E-state index contributed by atoms with van der Waals surface area (Å²) in [4.78, 5) is 11.3. The first-order valence-corrected chi connectivity index (χ1v) is 6.35. The Hall–Kier alpha value is -1.16. The lowest BCUT2D eigenvalue weighted by molar-refractivity contribution is 0.583. The fourth-order valence-corrected chi connectivity index (χ4v) is 1.92. The molecular formula is C13H22N4. The lowest BCUT2D eigenvalue weighted by atomic mass is 9.89. The second-order valence-electron chi connectivity index (χ2n) is 5.61. The smallest absolute Gasteiger partial charge is 0.225 e. The Labute approximate surface area is 103 Å². The van der Waals surface area contributed by atoms with Crippen molar-refractivity contribution in [3.63, 3.8) is 0 Å². The number of anilines is 1. The van der Waals surface area contributed by atoms with E-state index in [0.29, 0.717) is 0 Å². The van der Waals surface area contributed by atoms with Crippen molar-refractivity contribution in [1.29, 1.82) is 0 Å². The standard InChI is InChI=1S/C13H22N4/c1-13(2,3)11-9-15-12(16-10-11)17-7-4-5-14-6-8-17/h9-10,14H,4-8H2,1-3H3. The maximum atomic E-state index is 4.50. The third kappa shape index (κ3) is 3.16. The highest BCUT2D eigenvalue weighted by Crippen LogP contribution is 2.21. The Morgan fingerprint density at radius 3 is 2.47 bits per heavy atom. The Kier molecular flexibility index (Phi) is 3.62. The molecule has 2 heterocycles. The zero-order valence-corrected chi connectivity index (χ0v) is 11.0. The van der Waals surface area contributed by atoms with Crippen LogP contribution in [-0.2, 0) is 5.41 Å². The van der Waals surface area contributed by atoms with Crippen molar-refractivity contribution in [2.75, 3.05) is 31.1 Å². The summed E-state index contributed by atoms with van der Waals surface area (Å²) in [7, 11) is 0. The van der Waals surface area contributed by atoms with Crippen LogP contribution in [0.4, 0.5) is 5.95 Å². The normalized spacial score (nSPS) is 17.9. The van der Waals surface area contributed by atoms with E-state index >= 15 is 0 Å². The molecule has 1 saturated heterocycles. The van der Waals surface area contributed by atoms with Gasteiger partial charge in [0.15, 0.2) is 0 Å². The summed E-state index contributed by atoms with van der Waals surface area (Å²) in [6.07, 6.45) is 5.08. The van der Waals surface area contributed by atoms with Crippen molar-refractivity contribution < 1.29 is 0 Å². The molecule has 94 valence electrons. The minimum atomic E-state index is 0.124. The van der Waals surface area contributed by atoms with Crippen molar-refractivity contribution in [2.24, 2.45) is 0 Å². The summed E-state index contributed by atoms with van der Waals surface area (Å²) in [5.74, 6) is 0.863. The van der Waals surface area contributed by atoms with Gasteiger partial charge in [-0.25, -0.2) is 9.97 Å². The average molecular weight is 234 g/mol. The second-order valence-corrected chi connectivity index (χ2v) is 5.61. The van der Waals surface area contributed by atoms with Crippen molar-refractivity contribution in [1.82, 2.24) is 15.3 Å². The van der Waals surface area contributed by atoms with Gasteiger partial charge in [0.2, 0.25) is 5.95 Å². The van der Waals surface area contributed by atoms with Crippen LogP contribution in [0.15, 0.2) is 12.4 Å². The highest BCUT2D eigenvalue weighted by atomic mass is 15.3. The summed E-state index contributed by atoms with van der Waals surface area (Å²) in [6.45, 7) is 10.7. The molecule has 17 heavy (non-hydrogen) atoms. The van der Waals surface area contributed by atoms with Crippen molar-refractivity contribution in [3.05, 3.63) is 18.0 Å². The fourth-order valence-electron chi connectivity index (χ4n) is 1.92. The van der Waals surface area contributed by atoms with E-state index in [4.69, 9.17) is 0 Å². The number of hydrogen-bond donors (Lipinski definition) is 1. The van der Waals surface area contributed by atoms with Gasteiger partial charge in [-0.1, -0.05) is 20.8 Å². The van der Waals surface area contributed by atoms with E-state index in [1.54, 1.807) is 0 Å². The molecule has 2 rings (SSSR count). The van der Waals surface area contributed by atoms with E-state index in [1.807, 2.05) is 12.4 Å². The van der Waals surface area contributed by atoms with Gasteiger partial charge in [0.1, 0.15) is 0 Å². The van der Waals surface area contributed by atoms with Crippen LogP contribution in [-0.4, -0.2) is 36.1 Å². The molecule has 0 radical (unpaired) electrons. The van der Waals surface area contributed by atoms with Gasteiger partial charge in [-0.15, -0.1) is 0 Å². The predicted octanol–water partition coefficient (Wildman–Crippen LogP) is 1.57. The van der Waals surface area contributed by atoms with Crippen LogP contribution in [0.3, 0.4) is 0 Å². The summed E-state index contributed by atoms with van der Waals surface area (Å²) in [5, 5.41) is 3.39. The first kappa shape index (κ1) is 12.3. The zero-order valence-electron chi connectivity index (χ0n) is 11.0. The summed E-state index contributed by atoms with van der Waals surface area (Å²) >= 11 is 0. The summed E-state index contributed by atoms with van der Waals surface area (Å²) < 4.78 is 0. The lowest BCUT2D eigenvalue weighted by Crippen LogP contribution is -2.29. The van der Waals surface area contributed by atoms with Crippen molar-refractivity contribution >= 4 is 5.95 Å². The van der Waals surface area contributed by atoms with Crippen LogP contribution in [0.25, 0.3) is 0 Å². The molecule has 4 heteroatoms. The largest absolute Gasteiger partial charge is 0.340 e. The number of rotatable bonds is 1. The van der Waals surface area contributed by atoms with Crippen LogP contribution in [0.5, 0.6) is 0 Å². The topological polar surface area (TPSA) is 41.1 Å². The number of nitrogens with one attached hydrogen (secondary N) is 1. The molecule has 1 aromatic rings. The monoisotopic (exact) mass is 234 g/mol. The summed E-state index contributed by atoms with van der Waals surface area (Å²) in [5.41, 5.74) is 1.31. The minimum Gasteiger partial charge on any atom is -0.340 e. The van der Waals surface area contributed by atoms with Gasteiger partial charge in [0.25, 0.3) is 0 Å². The number of aromatic nitrogens is 2. The highest BCUT2D eigenvalue weighted by Gasteiger charge is 2.16. The molecule has 4 nitrogen and oxygen atoms in total. The first-order valence-electron chi connectivity index (χ1n) is 6.35. The van der Waals surface area contributed by atoms with Crippen LogP contribution < -0.4 is 10.2 Å². The molecule has 0 atom stereocenters. The minimum absolute atomic E-state index is 0.124. The Bertz CT molecular complexity index is 345. The maximum Gasteiger partial charge on any atom is 0.225 e. The van der Waals surface area contributed by atoms with Crippen LogP contribution in [0.1, 0.15) is 32.8 Å². The fraction of sp³-hybridized carbons (Fsp3) is 0.692. The average Bonchev–Trinajstić information content (AvgIpc) is 2.56. The van der Waals surface area contributed by atoms with Crippen LogP contribution >= 0.6 is 0 Å². The molecule has 1 aliphatic rings. The van der Waals surface area contributed by atoms with E-state index in [1.165, 1.54) is 5.56 Å². The molecular weight excluding hydrogens is 212 g/mol. The van der Waals surface area contributed by atoms with E-state index < -0.39 is 0 Å². The zero-order chi connectivity index (χ0) is 12.3. The van der Waals surface area contributed by atoms with E-state index in [9.17, 15) is 0 Å². The highest BCUT2D eigenvalue weighted by molar-refractivity contribution is 5.31. The lowest BCUT2D eigenvalue weighted by Gasteiger charge is -2.22. The predicted molar refractivity (Wildman–Crippen MR) is 70.4 cm³/mol.